The number of allylic oxidation sites excluding steroid dienone is 1. The van der Waals surface area contributed by atoms with Gasteiger partial charge in [-0.25, -0.2) is 13.6 Å². The van der Waals surface area contributed by atoms with Crippen molar-refractivity contribution in [3.05, 3.63) is 108 Å². The number of amides is 2. The third-order valence-electron chi connectivity index (χ3n) is 5.46. The summed E-state index contributed by atoms with van der Waals surface area (Å²) in [4.78, 5) is 19.1. The van der Waals surface area contributed by atoms with Crippen molar-refractivity contribution in [2.75, 3.05) is 4.90 Å². The van der Waals surface area contributed by atoms with Crippen molar-refractivity contribution < 1.29 is 18.1 Å². The molecule has 0 bridgehead atoms. The van der Waals surface area contributed by atoms with Crippen molar-refractivity contribution in [1.29, 1.82) is 0 Å². The molecule has 0 saturated carbocycles. The van der Waals surface area contributed by atoms with E-state index in [1.165, 1.54) is 29.2 Å². The summed E-state index contributed by atoms with van der Waals surface area (Å²) < 4.78 is 32.5. The van der Waals surface area contributed by atoms with Crippen LogP contribution in [0, 0.1) is 11.6 Å². The maximum Gasteiger partial charge on any atom is 0.326 e. The molecule has 4 aromatic rings. The lowest BCUT2D eigenvalue weighted by Crippen LogP contribution is -2.46. The average Bonchev–Trinajstić information content (AvgIpc) is 3.30. The highest BCUT2D eigenvalue weighted by molar-refractivity contribution is 6.01. The van der Waals surface area contributed by atoms with Gasteiger partial charge in [-0.1, -0.05) is 35.5 Å². The third-order valence-corrected chi connectivity index (χ3v) is 5.46. The second kappa shape index (κ2) is 8.31. The number of nitrogens with one attached hydrogen (secondary N) is 1. The number of halogens is 2. The number of carbonyl (C=O) groups excluding carboxylic acids is 1. The van der Waals surface area contributed by atoms with Crippen molar-refractivity contribution >= 4 is 17.3 Å². The molecule has 1 unspecified atom stereocenters. The molecular formula is C25H18F2N4O2. The van der Waals surface area contributed by atoms with Crippen LogP contribution in [-0.4, -0.2) is 16.2 Å². The minimum Gasteiger partial charge on any atom is -0.334 e. The summed E-state index contributed by atoms with van der Waals surface area (Å²) in [6, 6.07) is 19.8. The van der Waals surface area contributed by atoms with Crippen LogP contribution < -0.4 is 10.2 Å². The maximum atomic E-state index is 13.6. The third kappa shape index (κ3) is 3.87. The number of aromatic nitrogens is 2. The topological polar surface area (TPSA) is 71.3 Å². The van der Waals surface area contributed by atoms with Crippen molar-refractivity contribution in [1.82, 2.24) is 15.5 Å². The molecule has 8 heteroatoms. The fourth-order valence-electron chi connectivity index (χ4n) is 3.86. The Morgan fingerprint density at radius 3 is 2.21 bits per heavy atom. The Labute approximate surface area is 188 Å². The van der Waals surface area contributed by atoms with Gasteiger partial charge in [0.1, 0.15) is 11.6 Å². The van der Waals surface area contributed by atoms with Crippen LogP contribution in [0.5, 0.6) is 0 Å². The smallest absolute Gasteiger partial charge is 0.326 e. The summed E-state index contributed by atoms with van der Waals surface area (Å²) >= 11 is 0. The molecule has 0 aliphatic carbocycles. The lowest BCUT2D eigenvalue weighted by atomic mass is 9.94. The first-order chi connectivity index (χ1) is 16.0. The van der Waals surface area contributed by atoms with Gasteiger partial charge in [0.25, 0.3) is 5.89 Å². The summed E-state index contributed by atoms with van der Waals surface area (Å²) in [6.07, 6.45) is 0. The van der Waals surface area contributed by atoms with E-state index in [0.717, 1.165) is 0 Å². The second-order valence-corrected chi connectivity index (χ2v) is 7.53. The largest absolute Gasteiger partial charge is 0.334 e. The number of anilines is 1. The lowest BCUT2D eigenvalue weighted by Gasteiger charge is -2.35. The highest BCUT2D eigenvalue weighted by Crippen LogP contribution is 2.39. The Balaban J connectivity index is 1.64. The van der Waals surface area contributed by atoms with E-state index in [1.54, 1.807) is 31.2 Å². The summed E-state index contributed by atoms with van der Waals surface area (Å²) in [5.41, 5.74) is 3.08. The molecule has 1 aromatic heterocycles. The molecule has 2 amide bonds. The van der Waals surface area contributed by atoms with Gasteiger partial charge in [0, 0.05) is 11.3 Å². The minimum absolute atomic E-state index is 0.196. The Hall–Kier alpha value is -4.33. The van der Waals surface area contributed by atoms with Crippen molar-refractivity contribution in [3.63, 3.8) is 0 Å². The Morgan fingerprint density at radius 1 is 0.909 bits per heavy atom. The number of hydrogen-bond donors (Lipinski definition) is 1. The molecule has 5 rings (SSSR count). The first kappa shape index (κ1) is 20.6. The van der Waals surface area contributed by atoms with Gasteiger partial charge in [-0.15, -0.1) is 0 Å². The van der Waals surface area contributed by atoms with E-state index in [1.807, 2.05) is 30.3 Å². The normalized spacial score (nSPS) is 16.2. The van der Waals surface area contributed by atoms with Crippen LogP contribution in [0.15, 0.2) is 89.1 Å². The lowest BCUT2D eigenvalue weighted by molar-refractivity contribution is 0.244. The van der Waals surface area contributed by atoms with Crippen LogP contribution in [0.1, 0.15) is 24.4 Å². The van der Waals surface area contributed by atoms with Crippen LogP contribution in [0.3, 0.4) is 0 Å². The molecule has 3 aromatic carbocycles. The molecule has 33 heavy (non-hydrogen) atoms. The molecule has 0 saturated heterocycles. The van der Waals surface area contributed by atoms with Gasteiger partial charge in [0.2, 0.25) is 5.82 Å². The standard InChI is InChI=1S/C25H18F2N4O2/c1-15-21(24-29-23(30-33-24)17-9-13-19(27)14-10-17)22(16-7-11-18(26)12-8-16)28-25(32)31(15)20-5-3-2-4-6-20/h2-14,22H,1H3,(H,28,32). The predicted molar refractivity (Wildman–Crippen MR) is 119 cm³/mol. The van der Waals surface area contributed by atoms with Crippen molar-refractivity contribution in [3.8, 4) is 11.4 Å². The van der Waals surface area contributed by atoms with Crippen LogP contribution >= 0.6 is 0 Å². The molecule has 164 valence electrons. The minimum atomic E-state index is -0.639. The summed E-state index contributed by atoms with van der Waals surface area (Å²) in [5, 5.41) is 7.02. The summed E-state index contributed by atoms with van der Waals surface area (Å²) in [6.45, 7) is 1.79. The zero-order chi connectivity index (χ0) is 22.9. The fourth-order valence-corrected chi connectivity index (χ4v) is 3.86. The van der Waals surface area contributed by atoms with Gasteiger partial charge < -0.3 is 9.84 Å². The number of nitrogens with zero attached hydrogens (tertiary/aromatic N) is 3. The van der Waals surface area contributed by atoms with Crippen molar-refractivity contribution in [2.24, 2.45) is 0 Å². The Morgan fingerprint density at radius 2 is 1.55 bits per heavy atom. The molecule has 6 nitrogen and oxygen atoms in total. The SMILES string of the molecule is CC1=C(c2nc(-c3ccc(F)cc3)no2)C(c2ccc(F)cc2)NC(=O)N1c1ccccc1. The maximum absolute atomic E-state index is 13.6. The molecule has 1 atom stereocenters. The number of hydrogen-bond acceptors (Lipinski definition) is 4. The van der Waals surface area contributed by atoms with E-state index in [9.17, 15) is 13.6 Å². The number of benzene rings is 3. The van der Waals surface area contributed by atoms with E-state index in [4.69, 9.17) is 4.52 Å². The fraction of sp³-hybridized carbons (Fsp3) is 0.0800. The van der Waals surface area contributed by atoms with E-state index in [-0.39, 0.29) is 29.4 Å². The van der Waals surface area contributed by atoms with E-state index >= 15 is 0 Å². The van der Waals surface area contributed by atoms with Gasteiger partial charge in [-0.3, -0.25) is 4.90 Å². The number of para-hydroxylation sites is 1. The molecule has 0 radical (unpaired) electrons. The summed E-state index contributed by atoms with van der Waals surface area (Å²) in [5.74, 6) is -0.273. The van der Waals surface area contributed by atoms with Crippen LogP contribution in [-0.2, 0) is 0 Å². The molecule has 0 fully saturated rings. The average molecular weight is 444 g/mol. The first-order valence-electron chi connectivity index (χ1n) is 10.2. The number of carbonyl (C=O) groups is 1. The Bertz CT molecular complexity index is 1330. The monoisotopic (exact) mass is 444 g/mol. The van der Waals surface area contributed by atoms with E-state index in [0.29, 0.717) is 28.1 Å². The predicted octanol–water partition coefficient (Wildman–Crippen LogP) is 5.72. The van der Waals surface area contributed by atoms with E-state index < -0.39 is 6.04 Å². The van der Waals surface area contributed by atoms with Gasteiger partial charge in [-0.2, -0.15) is 4.98 Å². The summed E-state index contributed by atoms with van der Waals surface area (Å²) in [7, 11) is 0. The van der Waals surface area contributed by atoms with Gasteiger partial charge in [-0.05, 0) is 61.0 Å². The van der Waals surface area contributed by atoms with Crippen LogP contribution in [0.4, 0.5) is 19.3 Å². The quantitative estimate of drug-likeness (QED) is 0.437. The molecule has 2 heterocycles. The zero-order valence-electron chi connectivity index (χ0n) is 17.5. The number of urea groups is 1. The molecule has 1 N–H and O–H groups in total. The first-order valence-corrected chi connectivity index (χ1v) is 10.2. The highest BCUT2D eigenvalue weighted by atomic mass is 19.1. The van der Waals surface area contributed by atoms with Crippen LogP contribution in [0.2, 0.25) is 0 Å². The van der Waals surface area contributed by atoms with Crippen LogP contribution in [0.25, 0.3) is 17.0 Å². The van der Waals surface area contributed by atoms with Gasteiger partial charge >= 0.3 is 6.03 Å². The Kier molecular flexibility index (Phi) is 5.18. The van der Waals surface area contributed by atoms with E-state index in [2.05, 4.69) is 15.5 Å². The zero-order valence-corrected chi connectivity index (χ0v) is 17.5. The second-order valence-electron chi connectivity index (χ2n) is 7.53. The highest BCUT2D eigenvalue weighted by Gasteiger charge is 2.36. The van der Waals surface area contributed by atoms with Crippen molar-refractivity contribution in [2.45, 2.75) is 13.0 Å². The molecular weight excluding hydrogens is 426 g/mol. The molecule has 0 spiro atoms. The van der Waals surface area contributed by atoms with Gasteiger partial charge in [0.15, 0.2) is 0 Å². The number of rotatable bonds is 4. The molecule has 1 aliphatic heterocycles. The van der Waals surface area contributed by atoms with Gasteiger partial charge in [0.05, 0.1) is 17.3 Å². The molecule has 1 aliphatic rings.